The van der Waals surface area contributed by atoms with E-state index in [4.69, 9.17) is 5.26 Å². The molecular formula is C18H16N4O2S. The number of nitrogens with zero attached hydrogens (tertiary/aromatic N) is 4. The van der Waals surface area contributed by atoms with Gasteiger partial charge in [0.05, 0.1) is 28.4 Å². The van der Waals surface area contributed by atoms with Gasteiger partial charge in [-0.2, -0.15) is 14.7 Å². The summed E-state index contributed by atoms with van der Waals surface area (Å²) in [5.41, 5.74) is 1.98. The molecule has 0 aliphatic rings. The highest BCUT2D eigenvalue weighted by molar-refractivity contribution is 7.89. The number of nitriles is 1. The first-order valence-corrected chi connectivity index (χ1v) is 9.00. The molecule has 0 spiro atoms. The van der Waals surface area contributed by atoms with Crippen LogP contribution in [0.3, 0.4) is 0 Å². The first-order chi connectivity index (χ1) is 12.0. The van der Waals surface area contributed by atoms with Gasteiger partial charge in [0.15, 0.2) is 0 Å². The Morgan fingerprint density at radius 1 is 1.16 bits per heavy atom. The maximum Gasteiger partial charge on any atom is 0.243 e. The molecule has 0 aliphatic heterocycles. The van der Waals surface area contributed by atoms with Crippen LogP contribution in [-0.4, -0.2) is 29.6 Å². The summed E-state index contributed by atoms with van der Waals surface area (Å²) >= 11 is 0. The maximum absolute atomic E-state index is 12.7. The van der Waals surface area contributed by atoms with Crippen LogP contribution in [0.4, 0.5) is 0 Å². The van der Waals surface area contributed by atoms with Crippen molar-refractivity contribution in [1.29, 1.82) is 5.26 Å². The van der Waals surface area contributed by atoms with E-state index in [0.717, 1.165) is 11.3 Å². The predicted octanol–water partition coefficient (Wildman–Crippen LogP) is 2.56. The topological polar surface area (TPSA) is 79.0 Å². The summed E-state index contributed by atoms with van der Waals surface area (Å²) in [4.78, 5) is 0.101. The lowest BCUT2D eigenvalue weighted by atomic mass is 10.2. The third kappa shape index (κ3) is 3.60. The second kappa shape index (κ2) is 6.89. The van der Waals surface area contributed by atoms with Gasteiger partial charge in [0, 0.05) is 25.4 Å². The molecular weight excluding hydrogens is 336 g/mol. The number of aromatic nitrogens is 2. The van der Waals surface area contributed by atoms with Gasteiger partial charge in [0.25, 0.3) is 0 Å². The Kier molecular flexibility index (Phi) is 4.65. The smallest absolute Gasteiger partial charge is 0.241 e. The normalized spacial score (nSPS) is 11.4. The van der Waals surface area contributed by atoms with E-state index in [1.807, 2.05) is 36.4 Å². The number of para-hydroxylation sites is 1. The van der Waals surface area contributed by atoms with E-state index >= 15 is 0 Å². The minimum atomic E-state index is -3.68. The Morgan fingerprint density at radius 3 is 2.64 bits per heavy atom. The largest absolute Gasteiger partial charge is 0.243 e. The SMILES string of the molecule is CN(Cc1cnn(-c2ccccc2)c1)S(=O)(=O)c1cccc(C#N)c1. The Hall–Kier alpha value is -2.95. The fourth-order valence-corrected chi connectivity index (χ4v) is 3.62. The van der Waals surface area contributed by atoms with Crippen LogP contribution in [0.1, 0.15) is 11.1 Å². The lowest BCUT2D eigenvalue weighted by molar-refractivity contribution is 0.466. The van der Waals surface area contributed by atoms with Gasteiger partial charge in [0.2, 0.25) is 10.0 Å². The van der Waals surface area contributed by atoms with Crippen LogP contribution >= 0.6 is 0 Å². The van der Waals surface area contributed by atoms with Crippen LogP contribution in [-0.2, 0) is 16.6 Å². The molecule has 7 heteroatoms. The summed E-state index contributed by atoms with van der Waals surface area (Å²) in [5, 5.41) is 13.2. The molecule has 0 saturated carbocycles. The number of rotatable bonds is 5. The van der Waals surface area contributed by atoms with Crippen LogP contribution in [0.25, 0.3) is 5.69 Å². The molecule has 3 aromatic rings. The fourth-order valence-electron chi connectivity index (χ4n) is 2.41. The fraction of sp³-hybridized carbons (Fsp3) is 0.111. The highest BCUT2D eigenvalue weighted by atomic mass is 32.2. The summed E-state index contributed by atoms with van der Waals surface area (Å²) in [7, 11) is -2.17. The van der Waals surface area contributed by atoms with Gasteiger partial charge in [-0.3, -0.25) is 0 Å². The first-order valence-electron chi connectivity index (χ1n) is 7.56. The van der Waals surface area contributed by atoms with E-state index in [0.29, 0.717) is 5.56 Å². The van der Waals surface area contributed by atoms with Crippen molar-refractivity contribution in [2.24, 2.45) is 0 Å². The lowest BCUT2D eigenvalue weighted by Gasteiger charge is -2.16. The zero-order valence-electron chi connectivity index (χ0n) is 13.6. The third-order valence-corrected chi connectivity index (χ3v) is 5.53. The summed E-state index contributed by atoms with van der Waals surface area (Å²) < 4.78 is 28.3. The summed E-state index contributed by atoms with van der Waals surface area (Å²) in [6.07, 6.45) is 3.44. The van der Waals surface area contributed by atoms with E-state index in [1.165, 1.54) is 23.5 Å². The average Bonchev–Trinajstić information content (AvgIpc) is 3.11. The third-order valence-electron chi connectivity index (χ3n) is 3.73. The van der Waals surface area contributed by atoms with Crippen LogP contribution in [0.2, 0.25) is 0 Å². The van der Waals surface area contributed by atoms with E-state index in [1.54, 1.807) is 29.2 Å². The van der Waals surface area contributed by atoms with Crippen molar-refractivity contribution in [2.45, 2.75) is 11.4 Å². The Morgan fingerprint density at radius 2 is 1.92 bits per heavy atom. The van der Waals surface area contributed by atoms with Crippen molar-refractivity contribution < 1.29 is 8.42 Å². The zero-order chi connectivity index (χ0) is 17.9. The van der Waals surface area contributed by atoms with E-state index < -0.39 is 10.0 Å². The molecule has 0 atom stereocenters. The molecule has 6 nitrogen and oxygen atoms in total. The van der Waals surface area contributed by atoms with Crippen molar-refractivity contribution in [3.05, 3.63) is 78.1 Å². The molecule has 0 N–H and O–H groups in total. The van der Waals surface area contributed by atoms with Crippen molar-refractivity contribution in [1.82, 2.24) is 14.1 Å². The van der Waals surface area contributed by atoms with Crippen LogP contribution in [0.5, 0.6) is 0 Å². The van der Waals surface area contributed by atoms with Gasteiger partial charge in [-0.25, -0.2) is 13.1 Å². The van der Waals surface area contributed by atoms with Crippen LogP contribution in [0, 0.1) is 11.3 Å². The second-order valence-corrected chi connectivity index (χ2v) is 7.57. The molecule has 0 amide bonds. The standard InChI is InChI=1S/C18H16N4O2S/c1-21(25(23,24)18-9-5-6-15(10-18)11-19)13-16-12-20-22(14-16)17-7-3-2-4-8-17/h2-10,12,14H,13H2,1H3. The number of hydrogen-bond acceptors (Lipinski definition) is 4. The first kappa shape index (κ1) is 16.9. The molecule has 25 heavy (non-hydrogen) atoms. The quantitative estimate of drug-likeness (QED) is 0.707. The molecule has 0 unspecified atom stereocenters. The summed E-state index contributed by atoms with van der Waals surface area (Å²) in [6, 6.07) is 17.5. The van der Waals surface area contributed by atoms with E-state index in [2.05, 4.69) is 5.10 Å². The average molecular weight is 352 g/mol. The van der Waals surface area contributed by atoms with Crippen LogP contribution in [0.15, 0.2) is 71.9 Å². The minimum Gasteiger partial charge on any atom is -0.241 e. The number of hydrogen-bond donors (Lipinski definition) is 0. The Balaban J connectivity index is 1.81. The van der Waals surface area contributed by atoms with Crippen molar-refractivity contribution >= 4 is 10.0 Å². The molecule has 0 saturated heterocycles. The predicted molar refractivity (Wildman–Crippen MR) is 93.4 cm³/mol. The highest BCUT2D eigenvalue weighted by Crippen LogP contribution is 2.18. The van der Waals surface area contributed by atoms with Crippen molar-refractivity contribution in [2.75, 3.05) is 7.05 Å². The maximum atomic E-state index is 12.7. The molecule has 0 bridgehead atoms. The number of benzene rings is 2. The monoisotopic (exact) mass is 352 g/mol. The lowest BCUT2D eigenvalue weighted by Crippen LogP contribution is -2.26. The van der Waals surface area contributed by atoms with Gasteiger partial charge in [-0.15, -0.1) is 0 Å². The van der Waals surface area contributed by atoms with Gasteiger partial charge < -0.3 is 0 Å². The van der Waals surface area contributed by atoms with Crippen molar-refractivity contribution in [3.63, 3.8) is 0 Å². The van der Waals surface area contributed by atoms with Gasteiger partial charge in [-0.1, -0.05) is 24.3 Å². The van der Waals surface area contributed by atoms with Crippen LogP contribution < -0.4 is 0 Å². The highest BCUT2D eigenvalue weighted by Gasteiger charge is 2.21. The van der Waals surface area contributed by atoms with Gasteiger partial charge in [0.1, 0.15) is 0 Å². The molecule has 126 valence electrons. The summed E-state index contributed by atoms with van der Waals surface area (Å²) in [6.45, 7) is 0.186. The minimum absolute atomic E-state index is 0.101. The molecule has 1 heterocycles. The molecule has 1 aromatic heterocycles. The van der Waals surface area contributed by atoms with Crippen molar-refractivity contribution in [3.8, 4) is 11.8 Å². The Labute approximate surface area is 146 Å². The zero-order valence-corrected chi connectivity index (χ0v) is 14.4. The van der Waals surface area contributed by atoms with E-state index in [9.17, 15) is 8.42 Å². The molecule has 3 rings (SSSR count). The molecule has 2 aromatic carbocycles. The second-order valence-electron chi connectivity index (χ2n) is 5.53. The molecule has 0 aliphatic carbocycles. The number of sulfonamides is 1. The Bertz CT molecular complexity index is 1020. The molecule has 0 radical (unpaired) electrons. The van der Waals surface area contributed by atoms with Gasteiger partial charge >= 0.3 is 0 Å². The molecule has 0 fully saturated rings. The van der Waals surface area contributed by atoms with E-state index in [-0.39, 0.29) is 11.4 Å². The van der Waals surface area contributed by atoms with Gasteiger partial charge in [-0.05, 0) is 30.3 Å². The summed E-state index contributed by atoms with van der Waals surface area (Å²) in [5.74, 6) is 0.